The summed E-state index contributed by atoms with van der Waals surface area (Å²) in [5.74, 6) is -0.269. The van der Waals surface area contributed by atoms with E-state index in [4.69, 9.17) is 9.47 Å². The van der Waals surface area contributed by atoms with Gasteiger partial charge in [0.15, 0.2) is 0 Å². The standard InChI is InChI=1S/C19H31N3O5S/c1-21(2)28(24,25)16-7-8-18(22-10-4-5-11-22)17(15-16)19(23)20-9-6-12-27-14-13-26-3/h7-8,15H,4-6,9-14H2,1-3H3,(H,20,23). The van der Waals surface area contributed by atoms with Crippen LogP contribution in [0.1, 0.15) is 29.6 Å². The van der Waals surface area contributed by atoms with Gasteiger partial charge in [-0.1, -0.05) is 0 Å². The van der Waals surface area contributed by atoms with Gasteiger partial charge in [0.05, 0.1) is 23.7 Å². The quantitative estimate of drug-likeness (QED) is 0.551. The molecular weight excluding hydrogens is 382 g/mol. The van der Waals surface area contributed by atoms with Crippen LogP contribution in [0.4, 0.5) is 5.69 Å². The van der Waals surface area contributed by atoms with E-state index in [9.17, 15) is 13.2 Å². The van der Waals surface area contributed by atoms with Gasteiger partial charge in [0.2, 0.25) is 10.0 Å². The maximum absolute atomic E-state index is 12.8. The summed E-state index contributed by atoms with van der Waals surface area (Å²) in [6, 6.07) is 4.79. The molecule has 0 unspecified atom stereocenters. The Balaban J connectivity index is 2.11. The molecule has 9 heteroatoms. The molecule has 1 heterocycles. The molecule has 158 valence electrons. The number of rotatable bonds is 11. The summed E-state index contributed by atoms with van der Waals surface area (Å²) in [5.41, 5.74) is 1.18. The van der Waals surface area contributed by atoms with Crippen LogP contribution in [0, 0.1) is 0 Å². The Morgan fingerprint density at radius 3 is 2.54 bits per heavy atom. The number of hydrogen-bond acceptors (Lipinski definition) is 6. The molecule has 1 N–H and O–H groups in total. The summed E-state index contributed by atoms with van der Waals surface area (Å²) in [4.78, 5) is 15.1. The van der Waals surface area contributed by atoms with E-state index in [1.54, 1.807) is 19.2 Å². The number of methoxy groups -OCH3 is 1. The summed E-state index contributed by atoms with van der Waals surface area (Å²) in [5, 5.41) is 2.88. The lowest BCUT2D eigenvalue weighted by atomic mass is 10.1. The minimum Gasteiger partial charge on any atom is -0.382 e. The van der Waals surface area contributed by atoms with Crippen LogP contribution in [0.15, 0.2) is 23.1 Å². The van der Waals surface area contributed by atoms with Gasteiger partial charge in [-0.2, -0.15) is 0 Å². The molecule has 0 bridgehead atoms. The van der Waals surface area contributed by atoms with Crippen molar-refractivity contribution in [3.05, 3.63) is 23.8 Å². The summed E-state index contributed by atoms with van der Waals surface area (Å²) in [7, 11) is 0.967. The second-order valence-electron chi connectivity index (χ2n) is 6.88. The van der Waals surface area contributed by atoms with Crippen LogP contribution < -0.4 is 10.2 Å². The van der Waals surface area contributed by atoms with E-state index in [-0.39, 0.29) is 10.8 Å². The highest BCUT2D eigenvalue weighted by Crippen LogP contribution is 2.28. The zero-order valence-electron chi connectivity index (χ0n) is 16.9. The van der Waals surface area contributed by atoms with Gasteiger partial charge in [0.25, 0.3) is 5.91 Å². The first-order chi connectivity index (χ1) is 13.4. The van der Waals surface area contributed by atoms with Crippen LogP contribution in [0.3, 0.4) is 0 Å². The highest BCUT2D eigenvalue weighted by atomic mass is 32.2. The second-order valence-corrected chi connectivity index (χ2v) is 9.03. The third kappa shape index (κ3) is 5.91. The van der Waals surface area contributed by atoms with Crippen molar-refractivity contribution in [3.8, 4) is 0 Å². The van der Waals surface area contributed by atoms with Crippen LogP contribution in [-0.4, -0.2) is 79.3 Å². The molecule has 28 heavy (non-hydrogen) atoms. The molecule has 1 aromatic carbocycles. The first-order valence-electron chi connectivity index (χ1n) is 9.54. The molecule has 1 aromatic rings. The van der Waals surface area contributed by atoms with Crippen molar-refractivity contribution >= 4 is 21.6 Å². The van der Waals surface area contributed by atoms with Crippen molar-refractivity contribution < 1.29 is 22.7 Å². The van der Waals surface area contributed by atoms with E-state index in [0.717, 1.165) is 35.9 Å². The van der Waals surface area contributed by atoms with Crippen molar-refractivity contribution in [1.82, 2.24) is 9.62 Å². The van der Waals surface area contributed by atoms with Gasteiger partial charge in [-0.15, -0.1) is 0 Å². The fraction of sp³-hybridized carbons (Fsp3) is 0.632. The van der Waals surface area contributed by atoms with Gasteiger partial charge in [-0.3, -0.25) is 4.79 Å². The molecule has 1 saturated heterocycles. The highest BCUT2D eigenvalue weighted by Gasteiger charge is 2.24. The number of nitrogens with one attached hydrogen (secondary N) is 1. The SMILES string of the molecule is COCCOCCCNC(=O)c1cc(S(=O)(=O)N(C)C)ccc1N1CCCC1. The molecular formula is C19H31N3O5S. The number of nitrogens with zero attached hydrogens (tertiary/aromatic N) is 2. The third-order valence-electron chi connectivity index (χ3n) is 4.62. The summed E-state index contributed by atoms with van der Waals surface area (Å²) < 4.78 is 36.4. The number of carbonyl (C=O) groups excluding carboxylic acids is 1. The second kappa shape index (κ2) is 10.8. The van der Waals surface area contributed by atoms with E-state index >= 15 is 0 Å². The molecule has 0 spiro atoms. The molecule has 0 saturated carbocycles. The number of sulfonamides is 1. The molecule has 1 amide bonds. The van der Waals surface area contributed by atoms with E-state index in [2.05, 4.69) is 10.2 Å². The molecule has 0 atom stereocenters. The molecule has 1 aliphatic heterocycles. The minimum absolute atomic E-state index is 0.119. The Morgan fingerprint density at radius 2 is 1.89 bits per heavy atom. The lowest BCUT2D eigenvalue weighted by Gasteiger charge is -2.22. The average Bonchev–Trinajstić information content (AvgIpc) is 3.21. The molecule has 8 nitrogen and oxygen atoms in total. The van der Waals surface area contributed by atoms with Crippen LogP contribution in [0.2, 0.25) is 0 Å². The van der Waals surface area contributed by atoms with Crippen LogP contribution in [-0.2, 0) is 19.5 Å². The fourth-order valence-corrected chi connectivity index (χ4v) is 3.95. The van der Waals surface area contributed by atoms with Gasteiger partial charge >= 0.3 is 0 Å². The molecule has 0 aliphatic carbocycles. The van der Waals surface area contributed by atoms with E-state index in [1.165, 1.54) is 20.2 Å². The van der Waals surface area contributed by atoms with E-state index in [0.29, 0.717) is 38.3 Å². The number of benzene rings is 1. The van der Waals surface area contributed by atoms with Gasteiger partial charge in [0, 0.05) is 53.1 Å². The van der Waals surface area contributed by atoms with Gasteiger partial charge in [-0.25, -0.2) is 12.7 Å². The zero-order valence-corrected chi connectivity index (χ0v) is 17.8. The van der Waals surface area contributed by atoms with Crippen molar-refractivity contribution in [3.63, 3.8) is 0 Å². The predicted molar refractivity (Wildman–Crippen MR) is 108 cm³/mol. The number of amides is 1. The van der Waals surface area contributed by atoms with Crippen molar-refractivity contribution in [2.45, 2.75) is 24.2 Å². The van der Waals surface area contributed by atoms with Crippen LogP contribution >= 0.6 is 0 Å². The Labute approximate surface area is 167 Å². The summed E-state index contributed by atoms with van der Waals surface area (Å²) in [6.07, 6.45) is 2.80. The Morgan fingerprint density at radius 1 is 1.18 bits per heavy atom. The predicted octanol–water partition coefficient (Wildman–Crippen LogP) is 1.32. The van der Waals surface area contributed by atoms with Crippen LogP contribution in [0.5, 0.6) is 0 Å². The summed E-state index contributed by atoms with van der Waals surface area (Å²) in [6.45, 7) is 3.78. The fourth-order valence-electron chi connectivity index (χ4n) is 3.02. The first-order valence-corrected chi connectivity index (χ1v) is 11.0. The Bertz CT molecular complexity index is 746. The number of anilines is 1. The van der Waals surface area contributed by atoms with Crippen molar-refractivity contribution in [2.75, 3.05) is 65.6 Å². The lowest BCUT2D eigenvalue weighted by molar-refractivity contribution is 0.0688. The highest BCUT2D eigenvalue weighted by molar-refractivity contribution is 7.89. The molecule has 0 aromatic heterocycles. The largest absolute Gasteiger partial charge is 0.382 e. The van der Waals surface area contributed by atoms with Gasteiger partial charge in [-0.05, 0) is 37.5 Å². The van der Waals surface area contributed by atoms with Crippen molar-refractivity contribution in [2.24, 2.45) is 0 Å². The molecule has 0 radical (unpaired) electrons. The number of hydrogen-bond donors (Lipinski definition) is 1. The maximum Gasteiger partial charge on any atom is 0.253 e. The maximum atomic E-state index is 12.8. The smallest absolute Gasteiger partial charge is 0.253 e. The minimum atomic E-state index is -3.61. The first kappa shape index (κ1) is 22.6. The monoisotopic (exact) mass is 413 g/mol. The van der Waals surface area contributed by atoms with E-state index < -0.39 is 10.0 Å². The summed E-state index contributed by atoms with van der Waals surface area (Å²) >= 11 is 0. The van der Waals surface area contributed by atoms with Gasteiger partial charge in [0.1, 0.15) is 0 Å². The average molecular weight is 414 g/mol. The van der Waals surface area contributed by atoms with Crippen LogP contribution in [0.25, 0.3) is 0 Å². The molecule has 1 aliphatic rings. The van der Waals surface area contributed by atoms with Crippen molar-refractivity contribution in [1.29, 1.82) is 0 Å². The Hall–Kier alpha value is -1.68. The zero-order chi connectivity index (χ0) is 20.6. The van der Waals surface area contributed by atoms with Gasteiger partial charge < -0.3 is 19.7 Å². The normalized spacial score (nSPS) is 14.6. The number of carbonyl (C=O) groups is 1. The third-order valence-corrected chi connectivity index (χ3v) is 6.43. The number of ether oxygens (including phenoxy) is 2. The molecule has 2 rings (SSSR count). The Kier molecular flexibility index (Phi) is 8.68. The topological polar surface area (TPSA) is 88.2 Å². The lowest BCUT2D eigenvalue weighted by Crippen LogP contribution is -2.29. The molecule has 1 fully saturated rings. The van der Waals surface area contributed by atoms with E-state index in [1.807, 2.05) is 0 Å².